The van der Waals surface area contributed by atoms with Crippen molar-refractivity contribution in [2.24, 2.45) is 0 Å². The summed E-state index contributed by atoms with van der Waals surface area (Å²) in [6.07, 6.45) is -0.0272. The smallest absolute Gasteiger partial charge is 0.322 e. The van der Waals surface area contributed by atoms with E-state index >= 15 is 0 Å². The number of rotatable bonds is 5. The van der Waals surface area contributed by atoms with Gasteiger partial charge in [0, 0.05) is 0 Å². The number of amides is 1. The maximum Gasteiger partial charge on any atom is 0.322 e. The van der Waals surface area contributed by atoms with Crippen LogP contribution in [-0.4, -0.2) is 36.2 Å². The van der Waals surface area contributed by atoms with Crippen LogP contribution in [0.1, 0.15) is 13.8 Å². The summed E-state index contributed by atoms with van der Waals surface area (Å²) in [4.78, 5) is 20.7. The molecular weight excluding hydrogens is 162 g/mol. The van der Waals surface area contributed by atoms with E-state index in [4.69, 9.17) is 9.84 Å². The quantitative estimate of drug-likeness (QED) is 0.596. The maximum absolute atomic E-state index is 10.8. The van der Waals surface area contributed by atoms with Crippen molar-refractivity contribution < 1.29 is 19.4 Å². The van der Waals surface area contributed by atoms with Crippen LogP contribution in [0.2, 0.25) is 0 Å². The van der Waals surface area contributed by atoms with Crippen LogP contribution in [0, 0.1) is 0 Å². The Morgan fingerprint density at radius 1 is 1.50 bits per heavy atom. The number of carbonyl (C=O) groups is 2. The molecule has 0 aromatic rings. The zero-order chi connectivity index (χ0) is 9.56. The number of carboxylic acid groups (broad SMARTS) is 1. The lowest BCUT2D eigenvalue weighted by Crippen LogP contribution is -2.32. The van der Waals surface area contributed by atoms with Gasteiger partial charge in [0.15, 0.2) is 0 Å². The number of hydrogen-bond donors (Lipinski definition) is 2. The van der Waals surface area contributed by atoms with Gasteiger partial charge in [-0.1, -0.05) is 0 Å². The van der Waals surface area contributed by atoms with Crippen molar-refractivity contribution in [1.82, 2.24) is 5.32 Å². The maximum atomic E-state index is 10.8. The molecule has 0 bridgehead atoms. The molecule has 0 aromatic heterocycles. The molecule has 0 rings (SSSR count). The van der Waals surface area contributed by atoms with Crippen molar-refractivity contribution in [2.45, 2.75) is 20.0 Å². The van der Waals surface area contributed by atoms with Crippen molar-refractivity contribution in [3.63, 3.8) is 0 Å². The monoisotopic (exact) mass is 175 g/mol. The second kappa shape index (κ2) is 5.54. The lowest BCUT2D eigenvalue weighted by atomic mass is 10.5. The van der Waals surface area contributed by atoms with Crippen LogP contribution in [-0.2, 0) is 14.3 Å². The Morgan fingerprint density at radius 2 is 2.08 bits per heavy atom. The van der Waals surface area contributed by atoms with Gasteiger partial charge in [-0.3, -0.25) is 9.59 Å². The number of aliphatic carboxylic acids is 1. The van der Waals surface area contributed by atoms with E-state index in [1.54, 1.807) is 13.8 Å². The van der Waals surface area contributed by atoms with Crippen LogP contribution in [0.5, 0.6) is 0 Å². The first-order valence-electron chi connectivity index (χ1n) is 3.62. The highest BCUT2D eigenvalue weighted by Gasteiger charge is 2.04. The fourth-order valence-corrected chi connectivity index (χ4v) is 0.468. The molecule has 0 fully saturated rings. The molecule has 0 aliphatic heterocycles. The lowest BCUT2D eigenvalue weighted by Gasteiger charge is -2.06. The highest BCUT2D eigenvalue weighted by molar-refractivity contribution is 5.81. The van der Waals surface area contributed by atoms with Crippen LogP contribution in [0.3, 0.4) is 0 Å². The first-order valence-corrected chi connectivity index (χ1v) is 3.62. The minimum absolute atomic E-state index is 0.0272. The lowest BCUT2D eigenvalue weighted by molar-refractivity contribution is -0.138. The van der Waals surface area contributed by atoms with E-state index in [1.165, 1.54) is 0 Å². The second-order valence-corrected chi connectivity index (χ2v) is 2.53. The van der Waals surface area contributed by atoms with E-state index in [0.717, 1.165) is 0 Å². The van der Waals surface area contributed by atoms with Crippen LogP contribution in [0.4, 0.5) is 0 Å². The molecule has 0 heterocycles. The number of nitrogens with one attached hydrogen (secondary N) is 1. The van der Waals surface area contributed by atoms with E-state index in [0.29, 0.717) is 0 Å². The van der Waals surface area contributed by atoms with Gasteiger partial charge in [-0.15, -0.1) is 0 Å². The van der Waals surface area contributed by atoms with Gasteiger partial charge in [0.1, 0.15) is 13.2 Å². The molecule has 5 heteroatoms. The Labute approximate surface area is 70.7 Å². The molecule has 0 aliphatic rings. The fourth-order valence-electron chi connectivity index (χ4n) is 0.468. The van der Waals surface area contributed by atoms with Crippen LogP contribution >= 0.6 is 0 Å². The number of carbonyl (C=O) groups excluding carboxylic acids is 1. The predicted molar refractivity (Wildman–Crippen MR) is 41.7 cm³/mol. The third kappa shape index (κ3) is 7.01. The van der Waals surface area contributed by atoms with E-state index < -0.39 is 11.9 Å². The largest absolute Gasteiger partial charge is 0.480 e. The zero-order valence-corrected chi connectivity index (χ0v) is 7.16. The Bertz CT molecular complexity index is 167. The van der Waals surface area contributed by atoms with Crippen molar-refractivity contribution in [3.05, 3.63) is 0 Å². The molecule has 0 atom stereocenters. The molecule has 2 N–H and O–H groups in total. The van der Waals surface area contributed by atoms with Crippen molar-refractivity contribution >= 4 is 11.9 Å². The minimum Gasteiger partial charge on any atom is -0.480 e. The summed E-state index contributed by atoms with van der Waals surface area (Å²) in [7, 11) is 0. The third-order valence-electron chi connectivity index (χ3n) is 0.985. The molecule has 0 aliphatic carbocycles. The van der Waals surface area contributed by atoms with Gasteiger partial charge in [-0.25, -0.2) is 0 Å². The number of ether oxygens (including phenoxy) is 1. The third-order valence-corrected chi connectivity index (χ3v) is 0.985. The fraction of sp³-hybridized carbons (Fsp3) is 0.714. The summed E-state index contributed by atoms with van der Waals surface area (Å²) in [5.74, 6) is -1.47. The molecule has 0 unspecified atom stereocenters. The SMILES string of the molecule is CC(C)OCC(=O)NCC(=O)O. The Morgan fingerprint density at radius 3 is 2.50 bits per heavy atom. The van der Waals surface area contributed by atoms with Gasteiger partial charge in [0.05, 0.1) is 6.10 Å². The predicted octanol–water partition coefficient (Wildman–Crippen LogP) is -0.388. The summed E-state index contributed by atoms with van der Waals surface area (Å²) >= 11 is 0. The standard InChI is InChI=1S/C7H13NO4/c1-5(2)12-4-6(9)8-3-7(10)11/h5H,3-4H2,1-2H3,(H,8,9)(H,10,11). The van der Waals surface area contributed by atoms with E-state index in [-0.39, 0.29) is 19.3 Å². The van der Waals surface area contributed by atoms with Gasteiger partial charge in [0.25, 0.3) is 0 Å². The topological polar surface area (TPSA) is 75.6 Å². The minimum atomic E-state index is -1.06. The normalized spacial score (nSPS) is 9.92. The van der Waals surface area contributed by atoms with Crippen LogP contribution < -0.4 is 5.32 Å². The highest BCUT2D eigenvalue weighted by Crippen LogP contribution is 1.85. The zero-order valence-electron chi connectivity index (χ0n) is 7.16. The average molecular weight is 175 g/mol. The van der Waals surface area contributed by atoms with Crippen LogP contribution in [0.15, 0.2) is 0 Å². The van der Waals surface area contributed by atoms with E-state index in [9.17, 15) is 9.59 Å². The Balaban J connectivity index is 3.40. The number of hydrogen-bond acceptors (Lipinski definition) is 3. The summed E-state index contributed by atoms with van der Waals surface area (Å²) in [5, 5.41) is 10.4. The summed E-state index contributed by atoms with van der Waals surface area (Å²) in [6, 6.07) is 0. The van der Waals surface area contributed by atoms with Gasteiger partial charge < -0.3 is 15.2 Å². The molecule has 0 spiro atoms. The molecule has 0 saturated heterocycles. The van der Waals surface area contributed by atoms with Gasteiger partial charge in [0.2, 0.25) is 5.91 Å². The molecule has 0 aromatic carbocycles. The van der Waals surface area contributed by atoms with E-state index in [2.05, 4.69) is 5.32 Å². The van der Waals surface area contributed by atoms with Gasteiger partial charge >= 0.3 is 5.97 Å². The second-order valence-electron chi connectivity index (χ2n) is 2.53. The first-order chi connectivity index (χ1) is 5.52. The molecule has 1 amide bonds. The first kappa shape index (κ1) is 10.9. The summed E-state index contributed by atoms with van der Waals surface area (Å²) in [5.41, 5.74) is 0. The average Bonchev–Trinajstić information content (AvgIpc) is 1.96. The molecule has 0 radical (unpaired) electrons. The Hall–Kier alpha value is -1.10. The van der Waals surface area contributed by atoms with Gasteiger partial charge in [-0.05, 0) is 13.8 Å². The number of carboxylic acids is 1. The van der Waals surface area contributed by atoms with E-state index in [1.807, 2.05) is 0 Å². The molecule has 0 saturated carbocycles. The van der Waals surface area contributed by atoms with Crippen LogP contribution in [0.25, 0.3) is 0 Å². The summed E-state index contributed by atoms with van der Waals surface area (Å²) in [6.45, 7) is 3.14. The molecule has 12 heavy (non-hydrogen) atoms. The molecule has 70 valence electrons. The summed E-state index contributed by atoms with van der Waals surface area (Å²) < 4.78 is 4.93. The Kier molecular flexibility index (Phi) is 5.03. The van der Waals surface area contributed by atoms with Gasteiger partial charge in [-0.2, -0.15) is 0 Å². The van der Waals surface area contributed by atoms with Crippen molar-refractivity contribution in [1.29, 1.82) is 0 Å². The highest BCUT2D eigenvalue weighted by atomic mass is 16.5. The van der Waals surface area contributed by atoms with Crippen molar-refractivity contribution in [3.8, 4) is 0 Å². The molecule has 5 nitrogen and oxygen atoms in total. The van der Waals surface area contributed by atoms with Crippen molar-refractivity contribution in [2.75, 3.05) is 13.2 Å². The molecular formula is C7H13NO4.